The van der Waals surface area contributed by atoms with Crippen molar-refractivity contribution in [3.63, 3.8) is 0 Å². The van der Waals surface area contributed by atoms with Crippen LogP contribution in [-0.2, 0) is 0 Å². The van der Waals surface area contributed by atoms with E-state index in [-0.39, 0.29) is 18.0 Å². The topological polar surface area (TPSA) is 60.0 Å². The standard InChI is InChI=1S/C30H34F2N2O4/c1-18(11-19-9-10-22(31)15-24(19)32)16-34(17-23-12-20-7-5-6-8-25(20)33-23)29(35)21-13-26(36-4)28-27(14-21)37-30(2,3)38-28/h9-11,13-15,17,20,25,33H,5-8,12,16H2,1-4H3/b18-11+,23-17+/t20-,25-/m0/s1. The Kier molecular flexibility index (Phi) is 7.07. The average molecular weight is 525 g/mol. The first kappa shape index (κ1) is 26.1. The molecule has 1 N–H and O–H groups in total. The highest BCUT2D eigenvalue weighted by atomic mass is 19.1. The molecule has 1 saturated carbocycles. The summed E-state index contributed by atoms with van der Waals surface area (Å²) in [6.45, 7) is 5.63. The molecule has 2 fully saturated rings. The summed E-state index contributed by atoms with van der Waals surface area (Å²) in [5, 5.41) is 3.62. The van der Waals surface area contributed by atoms with Gasteiger partial charge in [0.15, 0.2) is 11.5 Å². The van der Waals surface area contributed by atoms with Gasteiger partial charge in [0.2, 0.25) is 11.5 Å². The average Bonchev–Trinajstić information content (AvgIpc) is 3.42. The maximum Gasteiger partial charge on any atom is 0.258 e. The van der Waals surface area contributed by atoms with Crippen LogP contribution in [0.15, 0.2) is 47.8 Å². The molecule has 0 aromatic heterocycles. The van der Waals surface area contributed by atoms with Crippen LogP contribution in [0.25, 0.3) is 6.08 Å². The van der Waals surface area contributed by atoms with E-state index in [4.69, 9.17) is 14.2 Å². The maximum absolute atomic E-state index is 14.3. The SMILES string of the molecule is COc1cc(C(=O)N(/C=C2\C[C@@H]3CCCC[C@@H]3N2)C/C(C)=C/c2ccc(F)cc2F)cc2c1OC(C)(C)O2. The van der Waals surface area contributed by atoms with Gasteiger partial charge in [-0.2, -0.15) is 0 Å². The molecule has 1 amide bonds. The molecule has 2 heterocycles. The molecular formula is C30H34F2N2O4. The first-order chi connectivity index (χ1) is 18.1. The van der Waals surface area contributed by atoms with E-state index in [0.717, 1.165) is 30.2 Å². The summed E-state index contributed by atoms with van der Waals surface area (Å²) in [5.74, 6) is -0.519. The predicted molar refractivity (Wildman–Crippen MR) is 141 cm³/mol. The predicted octanol–water partition coefficient (Wildman–Crippen LogP) is 6.42. The summed E-state index contributed by atoms with van der Waals surface area (Å²) in [4.78, 5) is 15.6. The zero-order chi connectivity index (χ0) is 27.0. The number of carbonyl (C=O) groups excluding carboxylic acids is 1. The third-order valence-electron chi connectivity index (χ3n) is 7.31. The summed E-state index contributed by atoms with van der Waals surface area (Å²) in [5.41, 5.74) is 2.41. The van der Waals surface area contributed by atoms with E-state index in [0.29, 0.717) is 34.8 Å². The second kappa shape index (κ2) is 10.3. The fourth-order valence-electron chi connectivity index (χ4n) is 5.60. The summed E-state index contributed by atoms with van der Waals surface area (Å²) in [6, 6.07) is 7.22. The van der Waals surface area contributed by atoms with Crippen molar-refractivity contribution in [2.24, 2.45) is 5.92 Å². The number of ether oxygens (including phenoxy) is 3. The Balaban J connectivity index is 1.47. The van der Waals surface area contributed by atoms with Crippen LogP contribution in [0.5, 0.6) is 17.2 Å². The van der Waals surface area contributed by atoms with Crippen LogP contribution in [-0.4, -0.2) is 36.3 Å². The Morgan fingerprint density at radius 3 is 2.71 bits per heavy atom. The highest BCUT2D eigenvalue weighted by molar-refractivity contribution is 5.96. The number of methoxy groups -OCH3 is 1. The van der Waals surface area contributed by atoms with Gasteiger partial charge in [-0.15, -0.1) is 0 Å². The number of hydrogen-bond donors (Lipinski definition) is 1. The molecule has 0 spiro atoms. The normalized spacial score (nSPS) is 22.7. The molecule has 2 atom stereocenters. The van der Waals surface area contributed by atoms with Crippen molar-refractivity contribution in [1.82, 2.24) is 10.2 Å². The molecule has 1 saturated heterocycles. The lowest BCUT2D eigenvalue weighted by Crippen LogP contribution is -2.31. The highest BCUT2D eigenvalue weighted by Gasteiger charge is 2.36. The summed E-state index contributed by atoms with van der Waals surface area (Å²) < 4.78 is 45.0. The minimum absolute atomic E-state index is 0.221. The van der Waals surface area contributed by atoms with Crippen LogP contribution in [0.3, 0.4) is 0 Å². The second-order valence-electron chi connectivity index (χ2n) is 10.9. The maximum atomic E-state index is 14.3. The number of nitrogens with one attached hydrogen (secondary N) is 1. The van der Waals surface area contributed by atoms with Crippen molar-refractivity contribution in [2.75, 3.05) is 13.7 Å². The fourth-order valence-corrected chi connectivity index (χ4v) is 5.60. The Bertz CT molecular complexity index is 1290. The number of allylic oxidation sites excluding steroid dienone is 1. The number of amides is 1. The monoisotopic (exact) mass is 524 g/mol. The Labute approximate surface area is 222 Å². The van der Waals surface area contributed by atoms with Gasteiger partial charge < -0.3 is 24.4 Å². The third kappa shape index (κ3) is 5.49. The quantitative estimate of drug-likeness (QED) is 0.473. The van der Waals surface area contributed by atoms with Gasteiger partial charge in [0.05, 0.1) is 7.11 Å². The van der Waals surface area contributed by atoms with Crippen LogP contribution < -0.4 is 19.5 Å². The molecule has 6 nitrogen and oxygen atoms in total. The second-order valence-corrected chi connectivity index (χ2v) is 10.9. The molecule has 202 valence electrons. The van der Waals surface area contributed by atoms with Crippen molar-refractivity contribution in [2.45, 2.75) is 64.7 Å². The molecule has 8 heteroatoms. The molecule has 2 aromatic carbocycles. The fraction of sp³-hybridized carbons (Fsp3) is 0.433. The van der Waals surface area contributed by atoms with E-state index < -0.39 is 17.4 Å². The number of fused-ring (bicyclic) bond motifs is 2. The van der Waals surface area contributed by atoms with E-state index in [1.54, 1.807) is 37.0 Å². The highest BCUT2D eigenvalue weighted by Crippen LogP contribution is 2.47. The molecular weight excluding hydrogens is 490 g/mol. The van der Waals surface area contributed by atoms with E-state index >= 15 is 0 Å². The number of rotatable bonds is 6. The largest absolute Gasteiger partial charge is 0.493 e. The van der Waals surface area contributed by atoms with Gasteiger partial charge >= 0.3 is 0 Å². The summed E-state index contributed by atoms with van der Waals surface area (Å²) in [6.07, 6.45) is 9.16. The van der Waals surface area contributed by atoms with E-state index in [9.17, 15) is 13.6 Å². The molecule has 5 rings (SSSR count). The van der Waals surface area contributed by atoms with Gasteiger partial charge in [-0.1, -0.05) is 24.5 Å². The first-order valence-electron chi connectivity index (χ1n) is 13.1. The van der Waals surface area contributed by atoms with Crippen LogP contribution in [0.2, 0.25) is 0 Å². The minimum Gasteiger partial charge on any atom is -0.493 e. The smallest absolute Gasteiger partial charge is 0.258 e. The van der Waals surface area contributed by atoms with Gasteiger partial charge in [-0.05, 0) is 56.4 Å². The van der Waals surface area contributed by atoms with Crippen LogP contribution in [0.4, 0.5) is 8.78 Å². The van der Waals surface area contributed by atoms with Gasteiger partial charge in [-0.25, -0.2) is 8.78 Å². The van der Waals surface area contributed by atoms with Gasteiger partial charge in [-0.3, -0.25) is 4.79 Å². The molecule has 3 aliphatic rings. The van der Waals surface area contributed by atoms with Crippen LogP contribution in [0.1, 0.15) is 68.8 Å². The molecule has 1 aliphatic carbocycles. The lowest BCUT2D eigenvalue weighted by atomic mass is 9.85. The minimum atomic E-state index is -0.873. The Hall–Kier alpha value is -3.55. The number of hydrogen-bond acceptors (Lipinski definition) is 5. The molecule has 0 radical (unpaired) electrons. The zero-order valence-electron chi connectivity index (χ0n) is 22.3. The molecule has 0 bridgehead atoms. The molecule has 2 aromatic rings. The van der Waals surface area contributed by atoms with E-state index in [2.05, 4.69) is 5.32 Å². The number of carbonyl (C=O) groups is 1. The molecule has 0 unspecified atom stereocenters. The van der Waals surface area contributed by atoms with Crippen molar-refractivity contribution in [3.8, 4) is 17.2 Å². The van der Waals surface area contributed by atoms with Crippen molar-refractivity contribution < 1.29 is 27.8 Å². The Morgan fingerprint density at radius 2 is 1.97 bits per heavy atom. The third-order valence-corrected chi connectivity index (χ3v) is 7.31. The number of halogens is 2. The van der Waals surface area contributed by atoms with Crippen LogP contribution >= 0.6 is 0 Å². The number of nitrogens with zero attached hydrogens (tertiary/aromatic N) is 1. The van der Waals surface area contributed by atoms with Gasteiger partial charge in [0.25, 0.3) is 5.91 Å². The van der Waals surface area contributed by atoms with Crippen molar-refractivity contribution in [1.29, 1.82) is 0 Å². The Morgan fingerprint density at radius 1 is 1.18 bits per heavy atom. The van der Waals surface area contributed by atoms with E-state index in [1.807, 2.05) is 13.1 Å². The molecule has 2 aliphatic heterocycles. The summed E-state index contributed by atoms with van der Waals surface area (Å²) >= 11 is 0. The van der Waals surface area contributed by atoms with Crippen LogP contribution in [0, 0.1) is 17.6 Å². The van der Waals surface area contributed by atoms with Gasteiger partial charge in [0, 0.05) is 55.5 Å². The zero-order valence-corrected chi connectivity index (χ0v) is 22.3. The van der Waals surface area contributed by atoms with E-state index in [1.165, 1.54) is 38.5 Å². The first-order valence-corrected chi connectivity index (χ1v) is 13.1. The lowest BCUT2D eigenvalue weighted by molar-refractivity contribution is -0.0439. The lowest BCUT2D eigenvalue weighted by Gasteiger charge is -2.24. The molecule has 38 heavy (non-hydrogen) atoms. The number of benzene rings is 2. The van der Waals surface area contributed by atoms with Crippen molar-refractivity contribution >= 4 is 12.0 Å². The van der Waals surface area contributed by atoms with Crippen molar-refractivity contribution in [3.05, 3.63) is 70.6 Å². The summed E-state index contributed by atoms with van der Waals surface area (Å²) in [7, 11) is 1.52. The van der Waals surface area contributed by atoms with Gasteiger partial charge in [0.1, 0.15) is 11.6 Å².